The van der Waals surface area contributed by atoms with E-state index in [0.717, 1.165) is 11.8 Å². The van der Waals surface area contributed by atoms with E-state index in [0.29, 0.717) is 0 Å². The highest BCUT2D eigenvalue weighted by Gasteiger charge is 2.07. The molecule has 0 saturated heterocycles. The van der Waals surface area contributed by atoms with E-state index in [1.165, 1.54) is 83.6 Å². The fraction of sp³-hybridized carbons (Fsp3) is 1.00. The minimum Gasteiger partial charge on any atom is -0.319 e. The molecule has 20 heavy (non-hydrogen) atoms. The molecule has 0 heterocycles. The van der Waals surface area contributed by atoms with Gasteiger partial charge in [0.1, 0.15) is 0 Å². The molecule has 122 valence electrons. The molecule has 0 aromatic heterocycles. The van der Waals surface area contributed by atoms with Gasteiger partial charge < -0.3 is 5.32 Å². The Labute approximate surface area is 129 Å². The van der Waals surface area contributed by atoms with Gasteiger partial charge in [-0.15, -0.1) is 0 Å². The molecule has 0 bridgehead atoms. The summed E-state index contributed by atoms with van der Waals surface area (Å²) in [6.45, 7) is 8.27. The van der Waals surface area contributed by atoms with Crippen LogP contribution in [0.1, 0.15) is 97.8 Å². The second-order valence-corrected chi connectivity index (χ2v) is 6.80. The van der Waals surface area contributed by atoms with Crippen LogP contribution in [0.5, 0.6) is 0 Å². The van der Waals surface area contributed by atoms with Crippen LogP contribution in [0.25, 0.3) is 0 Å². The van der Waals surface area contributed by atoms with E-state index in [-0.39, 0.29) is 0 Å². The zero-order valence-electron chi connectivity index (χ0n) is 14.8. The van der Waals surface area contributed by atoms with Crippen LogP contribution in [-0.4, -0.2) is 13.6 Å². The Morgan fingerprint density at radius 3 is 1.90 bits per heavy atom. The Balaban J connectivity index is 3.42. The summed E-state index contributed by atoms with van der Waals surface area (Å²) >= 11 is 0. The van der Waals surface area contributed by atoms with Gasteiger partial charge in [0.05, 0.1) is 0 Å². The van der Waals surface area contributed by atoms with E-state index in [2.05, 4.69) is 33.1 Å². The monoisotopic (exact) mass is 283 g/mol. The van der Waals surface area contributed by atoms with E-state index in [1.807, 2.05) is 0 Å². The zero-order chi connectivity index (χ0) is 15.1. The van der Waals surface area contributed by atoms with Crippen molar-refractivity contribution in [3.63, 3.8) is 0 Å². The van der Waals surface area contributed by atoms with Gasteiger partial charge in [0.2, 0.25) is 0 Å². The molecule has 0 fully saturated rings. The summed E-state index contributed by atoms with van der Waals surface area (Å²) in [6.07, 6.45) is 17.1. The number of nitrogens with one attached hydrogen (secondary N) is 1. The van der Waals surface area contributed by atoms with Crippen molar-refractivity contribution in [1.29, 1.82) is 0 Å². The first-order chi connectivity index (χ1) is 9.74. The summed E-state index contributed by atoms with van der Waals surface area (Å²) in [5.74, 6) is 1.86. The van der Waals surface area contributed by atoms with E-state index in [4.69, 9.17) is 0 Å². The average Bonchev–Trinajstić information content (AvgIpc) is 2.43. The lowest BCUT2D eigenvalue weighted by atomic mass is 9.93. The minimum absolute atomic E-state index is 0.911. The van der Waals surface area contributed by atoms with Crippen molar-refractivity contribution in [1.82, 2.24) is 5.32 Å². The van der Waals surface area contributed by atoms with Gasteiger partial charge in [0.25, 0.3) is 0 Å². The highest BCUT2D eigenvalue weighted by atomic mass is 14.8. The van der Waals surface area contributed by atoms with Crippen LogP contribution < -0.4 is 5.32 Å². The quantitative estimate of drug-likeness (QED) is 0.354. The van der Waals surface area contributed by atoms with Gasteiger partial charge in [-0.1, -0.05) is 85.0 Å². The maximum atomic E-state index is 3.35. The molecule has 0 rings (SSSR count). The topological polar surface area (TPSA) is 12.0 Å². The van der Waals surface area contributed by atoms with Gasteiger partial charge in [-0.05, 0) is 38.3 Å². The lowest BCUT2D eigenvalue weighted by Gasteiger charge is -2.16. The summed E-state index contributed by atoms with van der Waals surface area (Å²) in [7, 11) is 2.09. The summed E-state index contributed by atoms with van der Waals surface area (Å²) < 4.78 is 0. The zero-order valence-corrected chi connectivity index (χ0v) is 14.8. The van der Waals surface area contributed by atoms with Crippen LogP contribution >= 0.6 is 0 Å². The first-order valence-corrected chi connectivity index (χ1v) is 9.39. The Morgan fingerprint density at radius 2 is 1.30 bits per heavy atom. The van der Waals surface area contributed by atoms with Crippen molar-refractivity contribution in [2.75, 3.05) is 13.6 Å². The molecule has 0 aliphatic rings. The number of unbranched alkanes of at least 4 members (excludes halogenated alkanes) is 5. The van der Waals surface area contributed by atoms with Gasteiger partial charge in [-0.2, -0.15) is 0 Å². The Bertz CT molecular complexity index is 173. The van der Waals surface area contributed by atoms with Crippen molar-refractivity contribution < 1.29 is 0 Å². The van der Waals surface area contributed by atoms with E-state index >= 15 is 0 Å². The van der Waals surface area contributed by atoms with Crippen LogP contribution in [0.3, 0.4) is 0 Å². The Morgan fingerprint density at radius 1 is 0.700 bits per heavy atom. The molecule has 0 aliphatic carbocycles. The van der Waals surface area contributed by atoms with Crippen molar-refractivity contribution in [2.45, 2.75) is 97.8 Å². The van der Waals surface area contributed by atoms with Gasteiger partial charge in [0, 0.05) is 0 Å². The summed E-state index contributed by atoms with van der Waals surface area (Å²) in [5, 5.41) is 3.35. The standard InChI is InChI=1S/C19H41N/c1-5-7-8-9-10-14-18(3)15-11-12-16-19(13-6-2)17-20-4/h18-20H,5-17H2,1-4H3. The fourth-order valence-electron chi connectivity index (χ4n) is 3.21. The molecule has 1 nitrogen and oxygen atoms in total. The lowest BCUT2D eigenvalue weighted by Crippen LogP contribution is -2.18. The molecule has 1 heteroatoms. The van der Waals surface area contributed by atoms with Crippen LogP contribution in [0.4, 0.5) is 0 Å². The molecule has 0 aliphatic heterocycles. The molecule has 2 unspecified atom stereocenters. The van der Waals surface area contributed by atoms with Crippen molar-refractivity contribution in [3.05, 3.63) is 0 Å². The molecular formula is C19H41N. The average molecular weight is 284 g/mol. The molecule has 0 spiro atoms. The number of hydrogen-bond acceptors (Lipinski definition) is 1. The van der Waals surface area contributed by atoms with Crippen LogP contribution in [0.2, 0.25) is 0 Å². The molecule has 0 amide bonds. The van der Waals surface area contributed by atoms with E-state index in [9.17, 15) is 0 Å². The SMILES string of the molecule is CCCCCCCC(C)CCCCC(CCC)CNC. The van der Waals surface area contributed by atoms with E-state index < -0.39 is 0 Å². The predicted octanol–water partition coefficient (Wildman–Crippen LogP) is 6.18. The van der Waals surface area contributed by atoms with Crippen LogP contribution in [-0.2, 0) is 0 Å². The minimum atomic E-state index is 0.911. The third-order valence-corrected chi connectivity index (χ3v) is 4.55. The van der Waals surface area contributed by atoms with Crippen molar-refractivity contribution >= 4 is 0 Å². The highest BCUT2D eigenvalue weighted by Crippen LogP contribution is 2.20. The first kappa shape index (κ1) is 20.0. The molecule has 2 atom stereocenters. The summed E-state index contributed by atoms with van der Waals surface area (Å²) in [6, 6.07) is 0. The number of rotatable bonds is 15. The van der Waals surface area contributed by atoms with Crippen molar-refractivity contribution in [3.8, 4) is 0 Å². The Hall–Kier alpha value is -0.0400. The smallest absolute Gasteiger partial charge is 0.00235 e. The summed E-state index contributed by atoms with van der Waals surface area (Å²) in [4.78, 5) is 0. The maximum absolute atomic E-state index is 3.35. The highest BCUT2D eigenvalue weighted by molar-refractivity contribution is 4.62. The Kier molecular flexibility index (Phi) is 15.3. The molecule has 0 saturated carbocycles. The second-order valence-electron chi connectivity index (χ2n) is 6.80. The predicted molar refractivity (Wildman–Crippen MR) is 93.3 cm³/mol. The van der Waals surface area contributed by atoms with Crippen LogP contribution in [0, 0.1) is 11.8 Å². The normalized spacial score (nSPS) is 14.4. The van der Waals surface area contributed by atoms with Gasteiger partial charge >= 0.3 is 0 Å². The molecule has 0 aromatic carbocycles. The van der Waals surface area contributed by atoms with Crippen molar-refractivity contribution in [2.24, 2.45) is 11.8 Å². The molecule has 1 N–H and O–H groups in total. The van der Waals surface area contributed by atoms with Gasteiger partial charge in [-0.25, -0.2) is 0 Å². The molecule has 0 radical (unpaired) electrons. The largest absolute Gasteiger partial charge is 0.319 e. The molecular weight excluding hydrogens is 242 g/mol. The lowest BCUT2D eigenvalue weighted by molar-refractivity contribution is 0.385. The fourth-order valence-corrected chi connectivity index (χ4v) is 3.21. The van der Waals surface area contributed by atoms with Gasteiger partial charge in [0.15, 0.2) is 0 Å². The third-order valence-electron chi connectivity index (χ3n) is 4.55. The molecule has 0 aromatic rings. The third kappa shape index (κ3) is 13.0. The van der Waals surface area contributed by atoms with Gasteiger partial charge in [-0.3, -0.25) is 0 Å². The second kappa shape index (κ2) is 15.4. The van der Waals surface area contributed by atoms with E-state index in [1.54, 1.807) is 0 Å². The summed E-state index contributed by atoms with van der Waals surface area (Å²) in [5.41, 5.74) is 0. The number of hydrogen-bond donors (Lipinski definition) is 1. The van der Waals surface area contributed by atoms with Crippen LogP contribution in [0.15, 0.2) is 0 Å². The first-order valence-electron chi connectivity index (χ1n) is 9.39. The maximum Gasteiger partial charge on any atom is -0.00235 e.